The van der Waals surface area contributed by atoms with Gasteiger partial charge in [-0.05, 0) is 52.9 Å². The van der Waals surface area contributed by atoms with Crippen LogP contribution in [0, 0.1) is 0 Å². The van der Waals surface area contributed by atoms with Gasteiger partial charge in [0, 0.05) is 23.6 Å². The standard InChI is InChI=1S/C34H31NO5S/c1-2-3-10-19-35-30-21-27(25-13-8-5-9-14-25)16-18-32(30)40-34(35)22-33-29(23-41(36,37)38)28-20-26(15-17-31(28)39-33)24-11-6-4-7-12-24/h4-9,11-18,20-22H,2-3,10,19,23H2,1H3,(H,36,37,38). The molecule has 1 aromatic heterocycles. The molecule has 0 fully saturated rings. The highest BCUT2D eigenvalue weighted by molar-refractivity contribution is 7.85. The van der Waals surface area contributed by atoms with Crippen molar-refractivity contribution in [1.82, 2.24) is 0 Å². The summed E-state index contributed by atoms with van der Waals surface area (Å²) in [5.41, 5.74) is 6.00. The summed E-state index contributed by atoms with van der Waals surface area (Å²) in [5, 5.41) is 0.634. The van der Waals surface area contributed by atoms with Crippen LogP contribution in [-0.4, -0.2) is 19.5 Å². The van der Waals surface area contributed by atoms with Crippen LogP contribution in [0.15, 0.2) is 107 Å². The summed E-state index contributed by atoms with van der Waals surface area (Å²) in [7, 11) is -4.34. The number of ether oxygens (including phenoxy) is 1. The van der Waals surface area contributed by atoms with Crippen LogP contribution in [0.25, 0.3) is 39.3 Å². The molecule has 0 atom stereocenters. The number of benzene rings is 4. The van der Waals surface area contributed by atoms with Crippen LogP contribution in [0.2, 0.25) is 0 Å². The Bertz CT molecular complexity index is 1830. The van der Waals surface area contributed by atoms with Crippen molar-refractivity contribution < 1.29 is 22.1 Å². The molecule has 6 nitrogen and oxygen atoms in total. The number of hydrogen-bond donors (Lipinski definition) is 1. The quantitative estimate of drug-likeness (QED) is 0.142. The number of unbranched alkanes of at least 4 members (excludes halogenated alkanes) is 2. The van der Waals surface area contributed by atoms with Crippen molar-refractivity contribution >= 4 is 32.9 Å². The molecule has 0 amide bonds. The van der Waals surface area contributed by atoms with E-state index in [0.717, 1.165) is 59.5 Å². The molecule has 5 aromatic rings. The van der Waals surface area contributed by atoms with E-state index in [9.17, 15) is 13.0 Å². The lowest BCUT2D eigenvalue weighted by molar-refractivity contribution is 0.439. The molecular weight excluding hydrogens is 534 g/mol. The molecule has 6 rings (SSSR count). The maximum atomic E-state index is 12.1. The second kappa shape index (κ2) is 11.3. The second-order valence-corrected chi connectivity index (χ2v) is 11.7. The highest BCUT2D eigenvalue weighted by Gasteiger charge is 2.28. The Hall–Kier alpha value is -4.33. The Morgan fingerprint density at radius 3 is 2.12 bits per heavy atom. The smallest absolute Gasteiger partial charge is 0.269 e. The lowest BCUT2D eigenvalue weighted by Crippen LogP contribution is -2.21. The third-order valence-electron chi connectivity index (χ3n) is 7.33. The van der Waals surface area contributed by atoms with Crippen molar-refractivity contribution in [1.29, 1.82) is 0 Å². The minimum atomic E-state index is -4.34. The molecule has 0 bridgehead atoms. The first-order valence-electron chi connectivity index (χ1n) is 13.8. The molecule has 1 aliphatic rings. The minimum Gasteiger partial charge on any atom is -0.456 e. The molecule has 0 radical (unpaired) electrons. The van der Waals surface area contributed by atoms with Gasteiger partial charge in [0.2, 0.25) is 5.88 Å². The number of nitrogens with zero attached hydrogens (tertiary/aromatic N) is 1. The van der Waals surface area contributed by atoms with E-state index in [0.29, 0.717) is 28.2 Å². The summed E-state index contributed by atoms with van der Waals surface area (Å²) in [6, 6.07) is 31.9. The van der Waals surface area contributed by atoms with Crippen molar-refractivity contribution in [3.63, 3.8) is 0 Å². The first kappa shape index (κ1) is 26.9. The average molecular weight is 566 g/mol. The Morgan fingerprint density at radius 1 is 0.805 bits per heavy atom. The van der Waals surface area contributed by atoms with Crippen LogP contribution in [0.5, 0.6) is 5.75 Å². The zero-order valence-electron chi connectivity index (χ0n) is 22.8. The highest BCUT2D eigenvalue weighted by Crippen LogP contribution is 2.43. The third-order valence-corrected chi connectivity index (χ3v) is 7.99. The Balaban J connectivity index is 1.45. The van der Waals surface area contributed by atoms with Gasteiger partial charge >= 0.3 is 0 Å². The van der Waals surface area contributed by atoms with Gasteiger partial charge in [-0.2, -0.15) is 8.42 Å². The van der Waals surface area contributed by atoms with E-state index < -0.39 is 15.9 Å². The van der Waals surface area contributed by atoms with Gasteiger partial charge in [0.15, 0.2) is 5.75 Å². The van der Waals surface area contributed by atoms with Gasteiger partial charge in [0.05, 0.1) is 5.69 Å². The molecule has 2 heterocycles. The largest absolute Gasteiger partial charge is 0.456 e. The van der Waals surface area contributed by atoms with Crippen LogP contribution >= 0.6 is 0 Å². The molecule has 0 saturated heterocycles. The van der Waals surface area contributed by atoms with Crippen molar-refractivity contribution in [2.24, 2.45) is 0 Å². The fraction of sp³-hybridized carbons (Fsp3) is 0.176. The van der Waals surface area contributed by atoms with E-state index in [4.69, 9.17) is 9.15 Å². The van der Waals surface area contributed by atoms with E-state index in [1.807, 2.05) is 78.9 Å². The molecule has 0 spiro atoms. The van der Waals surface area contributed by atoms with Crippen molar-refractivity contribution in [3.05, 3.63) is 114 Å². The predicted octanol–water partition coefficient (Wildman–Crippen LogP) is 8.54. The van der Waals surface area contributed by atoms with E-state index >= 15 is 0 Å². The molecule has 41 heavy (non-hydrogen) atoms. The van der Waals surface area contributed by atoms with Crippen molar-refractivity contribution in [2.75, 3.05) is 11.4 Å². The fourth-order valence-electron chi connectivity index (χ4n) is 5.31. The van der Waals surface area contributed by atoms with Crippen LogP contribution in [0.3, 0.4) is 0 Å². The van der Waals surface area contributed by atoms with Gasteiger partial charge < -0.3 is 14.1 Å². The molecule has 0 unspecified atom stereocenters. The molecule has 208 valence electrons. The Morgan fingerprint density at radius 2 is 1.46 bits per heavy atom. The van der Waals surface area contributed by atoms with E-state index in [2.05, 4.69) is 30.0 Å². The lowest BCUT2D eigenvalue weighted by atomic mass is 10.0. The van der Waals surface area contributed by atoms with Gasteiger partial charge in [0.1, 0.15) is 17.1 Å². The molecule has 1 N–H and O–H groups in total. The zero-order chi connectivity index (χ0) is 28.4. The van der Waals surface area contributed by atoms with Crippen LogP contribution < -0.4 is 9.64 Å². The molecule has 0 aliphatic carbocycles. The monoisotopic (exact) mass is 565 g/mol. The maximum absolute atomic E-state index is 12.1. The molecule has 0 saturated carbocycles. The molecular formula is C34H31NO5S. The molecule has 1 aliphatic heterocycles. The van der Waals surface area contributed by atoms with Crippen molar-refractivity contribution in [2.45, 2.75) is 31.9 Å². The highest BCUT2D eigenvalue weighted by atomic mass is 32.2. The summed E-state index contributed by atoms with van der Waals surface area (Å²) in [4.78, 5) is 2.12. The van der Waals surface area contributed by atoms with Gasteiger partial charge in [-0.15, -0.1) is 0 Å². The van der Waals surface area contributed by atoms with Crippen LogP contribution in [0.4, 0.5) is 5.69 Å². The van der Waals surface area contributed by atoms with Crippen LogP contribution in [0.1, 0.15) is 37.5 Å². The summed E-state index contributed by atoms with van der Waals surface area (Å²) in [6.07, 6.45) is 4.86. The topological polar surface area (TPSA) is 80.0 Å². The normalized spacial score (nSPS) is 14.0. The van der Waals surface area contributed by atoms with E-state index in [-0.39, 0.29) is 0 Å². The molecule has 7 heteroatoms. The number of fused-ring (bicyclic) bond motifs is 2. The van der Waals surface area contributed by atoms with Gasteiger partial charge in [-0.1, -0.05) is 92.6 Å². The number of hydrogen-bond acceptors (Lipinski definition) is 5. The van der Waals surface area contributed by atoms with Crippen molar-refractivity contribution in [3.8, 4) is 28.0 Å². The number of furan rings is 1. The summed E-state index contributed by atoms with van der Waals surface area (Å²) >= 11 is 0. The van der Waals surface area contributed by atoms with E-state index in [1.54, 1.807) is 6.08 Å². The second-order valence-electron chi connectivity index (χ2n) is 10.2. The van der Waals surface area contributed by atoms with Gasteiger partial charge in [-0.25, -0.2) is 0 Å². The summed E-state index contributed by atoms with van der Waals surface area (Å²) in [6.45, 7) is 2.90. The zero-order valence-corrected chi connectivity index (χ0v) is 23.6. The molecule has 4 aromatic carbocycles. The number of anilines is 1. The Labute approximate surface area is 240 Å². The van der Waals surface area contributed by atoms with E-state index in [1.165, 1.54) is 0 Å². The first-order valence-corrected chi connectivity index (χ1v) is 15.4. The third kappa shape index (κ3) is 5.78. The fourth-order valence-corrected chi connectivity index (χ4v) is 5.97. The number of rotatable bonds is 9. The average Bonchev–Trinajstić information content (AvgIpc) is 3.49. The first-order chi connectivity index (χ1) is 19.9. The predicted molar refractivity (Wildman–Crippen MR) is 164 cm³/mol. The lowest BCUT2D eigenvalue weighted by Gasteiger charge is -2.18. The maximum Gasteiger partial charge on any atom is 0.269 e. The Kier molecular flexibility index (Phi) is 7.39. The van der Waals surface area contributed by atoms with Gasteiger partial charge in [-0.3, -0.25) is 4.55 Å². The summed E-state index contributed by atoms with van der Waals surface area (Å²) < 4.78 is 46.7. The van der Waals surface area contributed by atoms with Crippen LogP contribution in [-0.2, 0) is 15.9 Å². The SMILES string of the molecule is CCCCCN1C(=Cc2oc3ccc(-c4ccccc4)cc3c2CS(=O)(=O)O)Oc2ccc(-c3ccccc3)cc21. The summed E-state index contributed by atoms with van der Waals surface area (Å²) in [5.74, 6) is 1.05. The van der Waals surface area contributed by atoms with Gasteiger partial charge in [0.25, 0.3) is 10.1 Å². The minimum absolute atomic E-state index is 0.342.